The highest BCUT2D eigenvalue weighted by molar-refractivity contribution is 5.76. The van der Waals surface area contributed by atoms with E-state index in [4.69, 9.17) is 14.6 Å². The number of aliphatic hydroxyl groups is 4. The molecule has 0 radical (unpaired) electrons. The number of amides is 1. The van der Waals surface area contributed by atoms with E-state index in [1.165, 1.54) is 0 Å². The standard InChI is InChI=1S/C12H21NO9/c1-5(15)13-8-6(16)3-12(21-2,11(19)20)22-10(8)9(18)7(17)4-14/h6-10,14,16-18H,3-4H2,1-2H3,(H,13,15)(H,19,20)/t6-,7-,8+,9-,10?,12-/m1/s1. The third-order valence-corrected chi connectivity index (χ3v) is 3.52. The first-order valence-corrected chi connectivity index (χ1v) is 6.57. The maximum absolute atomic E-state index is 11.3. The van der Waals surface area contributed by atoms with Crippen molar-refractivity contribution in [2.45, 2.75) is 49.6 Å². The van der Waals surface area contributed by atoms with Crippen molar-refractivity contribution in [3.63, 3.8) is 0 Å². The molecule has 1 aliphatic rings. The number of hydrogen-bond donors (Lipinski definition) is 6. The van der Waals surface area contributed by atoms with Crippen molar-refractivity contribution in [2.24, 2.45) is 0 Å². The number of methoxy groups -OCH3 is 1. The van der Waals surface area contributed by atoms with Crippen LogP contribution in [-0.2, 0) is 19.1 Å². The summed E-state index contributed by atoms with van der Waals surface area (Å²) in [6.45, 7) is 0.338. The highest BCUT2D eigenvalue weighted by atomic mass is 16.7. The van der Waals surface area contributed by atoms with Gasteiger partial charge in [0.1, 0.15) is 18.3 Å². The fourth-order valence-corrected chi connectivity index (χ4v) is 2.34. The fourth-order valence-electron chi connectivity index (χ4n) is 2.34. The molecule has 0 saturated carbocycles. The normalized spacial score (nSPS) is 34.7. The van der Waals surface area contributed by atoms with Crippen molar-refractivity contribution in [1.82, 2.24) is 5.32 Å². The first kappa shape index (κ1) is 18.7. The maximum Gasteiger partial charge on any atom is 0.364 e. The van der Waals surface area contributed by atoms with E-state index in [1.54, 1.807) is 0 Å². The Morgan fingerprint density at radius 3 is 2.45 bits per heavy atom. The molecule has 1 amide bonds. The number of carbonyl (C=O) groups excluding carboxylic acids is 1. The molecule has 22 heavy (non-hydrogen) atoms. The number of nitrogens with one attached hydrogen (secondary N) is 1. The third-order valence-electron chi connectivity index (χ3n) is 3.52. The van der Waals surface area contributed by atoms with Crippen LogP contribution in [0.1, 0.15) is 13.3 Å². The Balaban J connectivity index is 3.14. The van der Waals surface area contributed by atoms with Gasteiger partial charge >= 0.3 is 5.97 Å². The molecule has 1 fully saturated rings. The average molecular weight is 323 g/mol. The van der Waals surface area contributed by atoms with Crippen molar-refractivity contribution in [3.05, 3.63) is 0 Å². The minimum atomic E-state index is -2.24. The summed E-state index contributed by atoms with van der Waals surface area (Å²) in [6.07, 6.45) is -6.84. The second-order valence-corrected chi connectivity index (χ2v) is 5.08. The minimum Gasteiger partial charge on any atom is -0.477 e. The molecule has 1 saturated heterocycles. The van der Waals surface area contributed by atoms with Crippen LogP contribution in [0, 0.1) is 0 Å². The van der Waals surface area contributed by atoms with Gasteiger partial charge in [-0.15, -0.1) is 0 Å². The number of aliphatic hydroxyl groups excluding tert-OH is 4. The van der Waals surface area contributed by atoms with Crippen LogP contribution in [0.2, 0.25) is 0 Å². The first-order valence-electron chi connectivity index (χ1n) is 6.57. The molecule has 0 aromatic rings. The van der Waals surface area contributed by atoms with Crippen molar-refractivity contribution in [1.29, 1.82) is 0 Å². The van der Waals surface area contributed by atoms with Gasteiger partial charge in [0, 0.05) is 20.5 Å². The molecule has 0 spiro atoms. The zero-order chi connectivity index (χ0) is 17.1. The second-order valence-electron chi connectivity index (χ2n) is 5.08. The molecule has 10 nitrogen and oxygen atoms in total. The fraction of sp³-hybridized carbons (Fsp3) is 0.833. The van der Waals surface area contributed by atoms with Gasteiger partial charge in [0.2, 0.25) is 5.91 Å². The van der Waals surface area contributed by atoms with E-state index >= 15 is 0 Å². The molecule has 10 heteroatoms. The number of carbonyl (C=O) groups is 2. The molecule has 6 atom stereocenters. The Kier molecular flexibility index (Phi) is 6.23. The molecule has 1 unspecified atom stereocenters. The van der Waals surface area contributed by atoms with Crippen LogP contribution in [0.25, 0.3) is 0 Å². The summed E-state index contributed by atoms with van der Waals surface area (Å²) in [7, 11) is 1.05. The monoisotopic (exact) mass is 323 g/mol. The van der Waals surface area contributed by atoms with Gasteiger partial charge in [-0.3, -0.25) is 4.79 Å². The van der Waals surface area contributed by atoms with Crippen LogP contribution in [0.5, 0.6) is 0 Å². The van der Waals surface area contributed by atoms with E-state index in [2.05, 4.69) is 5.32 Å². The lowest BCUT2D eigenvalue weighted by molar-refractivity contribution is -0.303. The number of rotatable bonds is 6. The van der Waals surface area contributed by atoms with Gasteiger partial charge < -0.3 is 40.3 Å². The summed E-state index contributed by atoms with van der Waals surface area (Å²) in [6, 6.07) is -1.18. The first-order chi connectivity index (χ1) is 10.2. The van der Waals surface area contributed by atoms with Gasteiger partial charge in [-0.1, -0.05) is 0 Å². The summed E-state index contributed by atoms with van der Waals surface area (Å²) in [5.41, 5.74) is 0. The van der Waals surface area contributed by atoms with Crippen LogP contribution in [0.3, 0.4) is 0 Å². The van der Waals surface area contributed by atoms with Gasteiger partial charge in [-0.05, 0) is 0 Å². The molecule has 0 aliphatic carbocycles. The summed E-state index contributed by atoms with van der Waals surface area (Å²) in [4.78, 5) is 22.6. The van der Waals surface area contributed by atoms with E-state index in [-0.39, 0.29) is 0 Å². The Labute approximate surface area is 126 Å². The molecule has 1 heterocycles. The van der Waals surface area contributed by atoms with Crippen molar-refractivity contribution >= 4 is 11.9 Å². The van der Waals surface area contributed by atoms with Crippen molar-refractivity contribution < 1.29 is 44.6 Å². The van der Waals surface area contributed by atoms with Crippen molar-refractivity contribution in [3.8, 4) is 0 Å². The maximum atomic E-state index is 11.3. The average Bonchev–Trinajstić information content (AvgIpc) is 2.46. The smallest absolute Gasteiger partial charge is 0.364 e. The number of aliphatic carboxylic acids is 1. The highest BCUT2D eigenvalue weighted by Crippen LogP contribution is 2.32. The zero-order valence-corrected chi connectivity index (χ0v) is 12.2. The lowest BCUT2D eigenvalue weighted by Crippen LogP contribution is -2.67. The number of carboxylic acid groups (broad SMARTS) is 1. The van der Waals surface area contributed by atoms with Gasteiger partial charge in [0.05, 0.1) is 18.8 Å². The molecule has 1 aliphatic heterocycles. The van der Waals surface area contributed by atoms with E-state index in [1.807, 2.05) is 0 Å². The molecule has 1 rings (SSSR count). The Morgan fingerprint density at radius 1 is 1.45 bits per heavy atom. The van der Waals surface area contributed by atoms with Crippen LogP contribution in [0.4, 0.5) is 0 Å². The largest absolute Gasteiger partial charge is 0.477 e. The van der Waals surface area contributed by atoms with Gasteiger partial charge in [-0.2, -0.15) is 0 Å². The summed E-state index contributed by atoms with van der Waals surface area (Å²) < 4.78 is 10.0. The number of carboxylic acids is 1. The number of ether oxygens (including phenoxy) is 2. The van der Waals surface area contributed by atoms with Gasteiger partial charge in [0.15, 0.2) is 0 Å². The van der Waals surface area contributed by atoms with E-state index < -0.39 is 61.1 Å². The van der Waals surface area contributed by atoms with Gasteiger partial charge in [0.25, 0.3) is 5.79 Å². The SMILES string of the molecule is CO[C@]1(C(=O)O)C[C@@H](O)[C@H](NC(C)=O)C([C@H](O)[C@H](O)CO)O1. The summed E-state index contributed by atoms with van der Waals surface area (Å²) >= 11 is 0. The van der Waals surface area contributed by atoms with Crippen LogP contribution in [0.15, 0.2) is 0 Å². The van der Waals surface area contributed by atoms with Crippen molar-refractivity contribution in [2.75, 3.05) is 13.7 Å². The quantitative estimate of drug-likeness (QED) is 0.295. The number of hydrogen-bond acceptors (Lipinski definition) is 8. The summed E-state index contributed by atoms with van der Waals surface area (Å²) in [5.74, 6) is -4.33. The Morgan fingerprint density at radius 2 is 2.05 bits per heavy atom. The molecular weight excluding hydrogens is 302 g/mol. The van der Waals surface area contributed by atoms with Crippen LogP contribution in [-0.4, -0.2) is 87.4 Å². The second kappa shape index (κ2) is 7.31. The van der Waals surface area contributed by atoms with Crippen LogP contribution < -0.4 is 5.32 Å². The molecule has 0 aromatic heterocycles. The minimum absolute atomic E-state index is 0.498. The molecule has 128 valence electrons. The van der Waals surface area contributed by atoms with E-state index in [0.717, 1.165) is 14.0 Å². The topological polar surface area (TPSA) is 166 Å². The van der Waals surface area contributed by atoms with Gasteiger partial charge in [-0.25, -0.2) is 4.79 Å². The third kappa shape index (κ3) is 3.72. The highest BCUT2D eigenvalue weighted by Gasteiger charge is 2.55. The van der Waals surface area contributed by atoms with E-state index in [9.17, 15) is 30.0 Å². The lowest BCUT2D eigenvalue weighted by Gasteiger charge is -2.46. The van der Waals surface area contributed by atoms with E-state index in [0.29, 0.717) is 0 Å². The zero-order valence-electron chi connectivity index (χ0n) is 12.2. The molecular formula is C12H21NO9. The predicted octanol–water partition coefficient (Wildman–Crippen LogP) is -3.22. The molecule has 0 bridgehead atoms. The van der Waals surface area contributed by atoms with Crippen LogP contribution >= 0.6 is 0 Å². The molecule has 0 aromatic carbocycles. The Bertz CT molecular complexity index is 417. The Hall–Kier alpha value is -1.30. The molecule has 6 N–H and O–H groups in total. The lowest BCUT2D eigenvalue weighted by atomic mass is 9.88. The predicted molar refractivity (Wildman–Crippen MR) is 69.6 cm³/mol. The summed E-state index contributed by atoms with van der Waals surface area (Å²) in [5, 5.41) is 50.1.